The van der Waals surface area contributed by atoms with Crippen molar-refractivity contribution in [2.45, 2.75) is 6.92 Å². The number of carbonyl (C=O) groups excluding carboxylic acids is 2. The van der Waals surface area contributed by atoms with E-state index in [1.54, 1.807) is 30.3 Å². The molecule has 0 saturated carbocycles. The number of carboxylic acid groups (broad SMARTS) is 1. The minimum atomic E-state index is -1.21. The number of amides is 2. The fraction of sp³-hybridized carbons (Fsp3) is 0.143. The van der Waals surface area contributed by atoms with Crippen molar-refractivity contribution >= 4 is 29.2 Å². The number of nitriles is 1. The van der Waals surface area contributed by atoms with E-state index in [0.29, 0.717) is 11.4 Å². The highest BCUT2D eigenvalue weighted by molar-refractivity contribution is 5.98. The monoisotopic (exact) mass is 302 g/mol. The summed E-state index contributed by atoms with van der Waals surface area (Å²) < 4.78 is 0. The van der Waals surface area contributed by atoms with Gasteiger partial charge in [-0.05, 0) is 18.2 Å². The first-order valence-electron chi connectivity index (χ1n) is 6.17. The molecule has 114 valence electrons. The van der Waals surface area contributed by atoms with Gasteiger partial charge in [0.05, 0.1) is 0 Å². The van der Waals surface area contributed by atoms with Crippen molar-refractivity contribution in [3.8, 4) is 6.07 Å². The van der Waals surface area contributed by atoms with E-state index in [0.717, 1.165) is 6.20 Å². The second-order valence-corrected chi connectivity index (χ2v) is 4.15. The molecule has 2 amide bonds. The van der Waals surface area contributed by atoms with Crippen molar-refractivity contribution in [2.24, 2.45) is 0 Å². The van der Waals surface area contributed by atoms with Gasteiger partial charge in [-0.3, -0.25) is 14.4 Å². The van der Waals surface area contributed by atoms with E-state index >= 15 is 0 Å². The van der Waals surface area contributed by atoms with Crippen molar-refractivity contribution in [2.75, 3.05) is 17.2 Å². The fourth-order valence-corrected chi connectivity index (χ4v) is 1.45. The Balaban J connectivity index is 2.76. The number of aliphatic carboxylic acids is 1. The molecule has 0 aliphatic carbocycles. The number of anilines is 2. The van der Waals surface area contributed by atoms with Gasteiger partial charge in [0.15, 0.2) is 0 Å². The molecule has 1 rings (SSSR count). The van der Waals surface area contributed by atoms with Crippen LogP contribution in [0.5, 0.6) is 0 Å². The van der Waals surface area contributed by atoms with Crippen LogP contribution in [0.1, 0.15) is 6.92 Å². The summed E-state index contributed by atoms with van der Waals surface area (Å²) in [5.74, 6) is -2.23. The number of nitrogens with one attached hydrogen (secondary N) is 3. The molecule has 0 saturated heterocycles. The van der Waals surface area contributed by atoms with Gasteiger partial charge in [0.25, 0.3) is 5.91 Å². The van der Waals surface area contributed by atoms with Crippen LogP contribution in [0, 0.1) is 11.3 Å². The van der Waals surface area contributed by atoms with Gasteiger partial charge in [-0.2, -0.15) is 5.26 Å². The topological polar surface area (TPSA) is 131 Å². The van der Waals surface area contributed by atoms with Gasteiger partial charge >= 0.3 is 5.97 Å². The molecule has 0 bridgehead atoms. The molecule has 1 aromatic rings. The SMILES string of the molecule is CC(=O)Nc1cccc(N/C=C(/C#N)C(=O)NCC(=O)O)c1. The van der Waals surface area contributed by atoms with Crippen LogP contribution in [0.25, 0.3) is 0 Å². The normalized spacial score (nSPS) is 10.3. The van der Waals surface area contributed by atoms with Gasteiger partial charge in [-0.15, -0.1) is 0 Å². The number of rotatable bonds is 6. The zero-order valence-corrected chi connectivity index (χ0v) is 11.7. The molecule has 8 nitrogen and oxygen atoms in total. The summed E-state index contributed by atoms with van der Waals surface area (Å²) in [7, 11) is 0. The Morgan fingerprint density at radius 2 is 2.00 bits per heavy atom. The Labute approximate surface area is 126 Å². The minimum Gasteiger partial charge on any atom is -0.480 e. The van der Waals surface area contributed by atoms with Gasteiger partial charge in [-0.1, -0.05) is 6.07 Å². The number of hydrogen-bond acceptors (Lipinski definition) is 5. The van der Waals surface area contributed by atoms with E-state index < -0.39 is 18.4 Å². The number of carbonyl (C=O) groups is 3. The van der Waals surface area contributed by atoms with Gasteiger partial charge < -0.3 is 21.1 Å². The van der Waals surface area contributed by atoms with Gasteiger partial charge in [-0.25, -0.2) is 0 Å². The molecular weight excluding hydrogens is 288 g/mol. The number of carboxylic acids is 1. The van der Waals surface area contributed by atoms with Crippen molar-refractivity contribution in [1.82, 2.24) is 5.32 Å². The van der Waals surface area contributed by atoms with Crippen LogP contribution in [0.4, 0.5) is 11.4 Å². The quantitative estimate of drug-likeness (QED) is 0.451. The standard InChI is InChI=1S/C14H14N4O4/c1-9(19)18-12-4-2-3-11(5-12)16-7-10(6-15)14(22)17-8-13(20)21/h2-5,7,16H,8H2,1H3,(H,17,22)(H,18,19)(H,20,21)/b10-7-. The lowest BCUT2D eigenvalue weighted by molar-refractivity contribution is -0.137. The molecule has 0 fully saturated rings. The highest BCUT2D eigenvalue weighted by Crippen LogP contribution is 2.15. The summed E-state index contributed by atoms with van der Waals surface area (Å²) >= 11 is 0. The Hall–Kier alpha value is -3.34. The first-order valence-corrected chi connectivity index (χ1v) is 6.17. The first-order chi connectivity index (χ1) is 10.4. The van der Waals surface area contributed by atoms with Crippen molar-refractivity contribution in [1.29, 1.82) is 5.26 Å². The molecule has 1 aromatic carbocycles. The molecule has 8 heteroatoms. The smallest absolute Gasteiger partial charge is 0.322 e. The highest BCUT2D eigenvalue weighted by atomic mass is 16.4. The maximum Gasteiger partial charge on any atom is 0.322 e. The Morgan fingerprint density at radius 3 is 2.59 bits per heavy atom. The zero-order valence-electron chi connectivity index (χ0n) is 11.7. The largest absolute Gasteiger partial charge is 0.480 e. The third-order valence-electron chi connectivity index (χ3n) is 2.33. The average molecular weight is 302 g/mol. The summed E-state index contributed by atoms with van der Waals surface area (Å²) in [6.45, 7) is 0.802. The lowest BCUT2D eigenvalue weighted by Gasteiger charge is -2.06. The third-order valence-corrected chi connectivity index (χ3v) is 2.33. The van der Waals surface area contributed by atoms with E-state index in [1.807, 2.05) is 0 Å². The summed E-state index contributed by atoms with van der Waals surface area (Å²) in [4.78, 5) is 32.9. The Kier molecular flexibility index (Phi) is 6.12. The average Bonchev–Trinajstić information content (AvgIpc) is 2.45. The second kappa shape index (κ2) is 8.06. The van der Waals surface area contributed by atoms with Crippen LogP contribution < -0.4 is 16.0 Å². The van der Waals surface area contributed by atoms with Crippen molar-refractivity contribution in [3.63, 3.8) is 0 Å². The van der Waals surface area contributed by atoms with Gasteiger partial charge in [0, 0.05) is 24.5 Å². The van der Waals surface area contributed by atoms with Crippen LogP contribution >= 0.6 is 0 Å². The molecular formula is C14H14N4O4. The van der Waals surface area contributed by atoms with E-state index in [4.69, 9.17) is 10.4 Å². The molecule has 4 N–H and O–H groups in total. The summed E-state index contributed by atoms with van der Waals surface area (Å²) in [6, 6.07) is 8.31. The van der Waals surface area contributed by atoms with Crippen LogP contribution in [0.2, 0.25) is 0 Å². The molecule has 0 aliphatic heterocycles. The molecule has 0 radical (unpaired) electrons. The van der Waals surface area contributed by atoms with E-state index in [9.17, 15) is 14.4 Å². The highest BCUT2D eigenvalue weighted by Gasteiger charge is 2.09. The van der Waals surface area contributed by atoms with Crippen LogP contribution in [0.15, 0.2) is 36.0 Å². The van der Waals surface area contributed by atoms with E-state index in [1.165, 1.54) is 6.92 Å². The zero-order chi connectivity index (χ0) is 16.5. The molecule has 0 unspecified atom stereocenters. The maximum atomic E-state index is 11.6. The van der Waals surface area contributed by atoms with E-state index in [-0.39, 0.29) is 11.5 Å². The third kappa shape index (κ3) is 5.75. The van der Waals surface area contributed by atoms with Crippen LogP contribution in [0.3, 0.4) is 0 Å². The molecule has 0 aromatic heterocycles. The molecule has 0 heterocycles. The number of hydrogen-bond donors (Lipinski definition) is 4. The second-order valence-electron chi connectivity index (χ2n) is 4.15. The predicted octanol–water partition coefficient (Wildman–Crippen LogP) is 0.665. The fourth-order valence-electron chi connectivity index (χ4n) is 1.45. The number of benzene rings is 1. The van der Waals surface area contributed by atoms with Crippen molar-refractivity contribution < 1.29 is 19.5 Å². The summed E-state index contributed by atoms with van der Waals surface area (Å²) in [5.41, 5.74) is 0.830. The first kappa shape index (κ1) is 16.7. The lowest BCUT2D eigenvalue weighted by atomic mass is 10.2. The van der Waals surface area contributed by atoms with Crippen LogP contribution in [-0.2, 0) is 14.4 Å². The summed E-state index contributed by atoms with van der Waals surface area (Å²) in [5, 5.41) is 24.8. The molecule has 22 heavy (non-hydrogen) atoms. The molecule has 0 aliphatic rings. The number of nitrogens with zero attached hydrogens (tertiary/aromatic N) is 1. The molecule has 0 atom stereocenters. The van der Waals surface area contributed by atoms with Gasteiger partial charge in [0.2, 0.25) is 5.91 Å². The summed E-state index contributed by atoms with van der Waals surface area (Å²) in [6.07, 6.45) is 1.16. The molecule has 0 spiro atoms. The van der Waals surface area contributed by atoms with E-state index in [2.05, 4.69) is 16.0 Å². The predicted molar refractivity (Wildman–Crippen MR) is 78.7 cm³/mol. The van der Waals surface area contributed by atoms with Crippen LogP contribution in [-0.4, -0.2) is 29.4 Å². The van der Waals surface area contributed by atoms with Gasteiger partial charge in [0.1, 0.15) is 18.2 Å². The maximum absolute atomic E-state index is 11.6. The lowest BCUT2D eigenvalue weighted by Crippen LogP contribution is -2.30. The Bertz CT molecular complexity index is 661. The minimum absolute atomic E-state index is 0.224. The Morgan fingerprint density at radius 1 is 1.32 bits per heavy atom. The van der Waals surface area contributed by atoms with Crippen molar-refractivity contribution in [3.05, 3.63) is 36.0 Å².